The molecule has 3 rings (SSSR count). The fourth-order valence-corrected chi connectivity index (χ4v) is 4.24. The van der Waals surface area contributed by atoms with Crippen LogP contribution in [0.5, 0.6) is 0 Å². The average Bonchev–Trinajstić information content (AvgIpc) is 3.25. The summed E-state index contributed by atoms with van der Waals surface area (Å²) in [7, 11) is 0. The van der Waals surface area contributed by atoms with E-state index in [0.29, 0.717) is 12.3 Å². The molecule has 4 nitrogen and oxygen atoms in total. The summed E-state index contributed by atoms with van der Waals surface area (Å²) >= 11 is 0. The Morgan fingerprint density at radius 1 is 1.19 bits per heavy atom. The van der Waals surface area contributed by atoms with Crippen molar-refractivity contribution in [2.45, 2.75) is 83.8 Å². The first-order valence-corrected chi connectivity index (χ1v) is 8.58. The minimum absolute atomic E-state index is 0.0652. The number of hydrogen-bond donors (Lipinski definition) is 1. The molecule has 1 heterocycles. The molecule has 0 spiro atoms. The van der Waals surface area contributed by atoms with E-state index >= 15 is 0 Å². The van der Waals surface area contributed by atoms with Gasteiger partial charge in [-0.15, -0.1) is 0 Å². The minimum Gasteiger partial charge on any atom is -0.342 e. The van der Waals surface area contributed by atoms with Gasteiger partial charge in [0, 0.05) is 6.04 Å². The van der Waals surface area contributed by atoms with Crippen LogP contribution in [0.4, 0.5) is 0 Å². The third-order valence-electron chi connectivity index (χ3n) is 5.72. The molecule has 0 aromatic rings. The van der Waals surface area contributed by atoms with Gasteiger partial charge in [-0.2, -0.15) is 0 Å². The highest BCUT2D eigenvalue weighted by molar-refractivity contribution is 5.97. The Hall–Kier alpha value is -1.06. The maximum Gasteiger partial charge on any atom is 0.246 e. The van der Waals surface area contributed by atoms with Crippen molar-refractivity contribution in [3.05, 3.63) is 0 Å². The largest absolute Gasteiger partial charge is 0.342 e. The number of carbonyl (C=O) groups is 2. The molecule has 2 aliphatic carbocycles. The molecule has 2 saturated carbocycles. The molecule has 3 fully saturated rings. The summed E-state index contributed by atoms with van der Waals surface area (Å²) in [4.78, 5) is 27.5. The predicted octanol–water partition coefficient (Wildman–Crippen LogP) is 2.47. The molecule has 3 aliphatic rings. The Morgan fingerprint density at radius 3 is 2.48 bits per heavy atom. The Kier molecular flexibility index (Phi) is 3.74. The zero-order valence-corrected chi connectivity index (χ0v) is 13.5. The number of piperazine rings is 1. The lowest BCUT2D eigenvalue weighted by atomic mass is 9.71. The molecule has 3 unspecified atom stereocenters. The summed E-state index contributed by atoms with van der Waals surface area (Å²) in [6.07, 6.45) is 7.46. The molecule has 4 heteroatoms. The summed E-state index contributed by atoms with van der Waals surface area (Å²) < 4.78 is 0. The van der Waals surface area contributed by atoms with Crippen molar-refractivity contribution in [2.24, 2.45) is 11.3 Å². The molecule has 2 amide bonds. The zero-order chi connectivity index (χ0) is 15.2. The van der Waals surface area contributed by atoms with Crippen molar-refractivity contribution in [3.8, 4) is 0 Å². The predicted molar refractivity (Wildman–Crippen MR) is 81.6 cm³/mol. The van der Waals surface area contributed by atoms with E-state index in [4.69, 9.17) is 0 Å². The van der Waals surface area contributed by atoms with Gasteiger partial charge >= 0.3 is 0 Å². The summed E-state index contributed by atoms with van der Waals surface area (Å²) in [5.41, 5.74) is 0.118. The third kappa shape index (κ3) is 2.58. The van der Waals surface area contributed by atoms with Crippen LogP contribution >= 0.6 is 0 Å². The highest BCUT2D eigenvalue weighted by Crippen LogP contribution is 2.42. The Balaban J connectivity index is 1.90. The summed E-state index contributed by atoms with van der Waals surface area (Å²) in [6.45, 7) is 6.53. The van der Waals surface area contributed by atoms with Gasteiger partial charge in [0.1, 0.15) is 12.1 Å². The van der Waals surface area contributed by atoms with Crippen LogP contribution in [0.1, 0.15) is 65.7 Å². The molecule has 21 heavy (non-hydrogen) atoms. The van der Waals surface area contributed by atoms with Crippen molar-refractivity contribution in [2.75, 3.05) is 0 Å². The summed E-state index contributed by atoms with van der Waals surface area (Å²) in [5, 5.41) is 3.00. The SMILES string of the molecule is CCC1C(=O)NC(C2CC2)C(=O)N1C1CCCCC1(C)C. The van der Waals surface area contributed by atoms with Gasteiger partial charge in [0.15, 0.2) is 0 Å². The normalized spacial score (nSPS) is 36.5. The Labute approximate surface area is 127 Å². The van der Waals surface area contributed by atoms with Crippen LogP contribution in [0.25, 0.3) is 0 Å². The van der Waals surface area contributed by atoms with Gasteiger partial charge in [-0.3, -0.25) is 9.59 Å². The van der Waals surface area contributed by atoms with E-state index < -0.39 is 0 Å². The Morgan fingerprint density at radius 2 is 1.90 bits per heavy atom. The van der Waals surface area contributed by atoms with E-state index in [1.807, 2.05) is 11.8 Å². The minimum atomic E-state index is -0.269. The van der Waals surface area contributed by atoms with Crippen molar-refractivity contribution >= 4 is 11.8 Å². The van der Waals surface area contributed by atoms with Crippen LogP contribution < -0.4 is 5.32 Å². The van der Waals surface area contributed by atoms with Gasteiger partial charge in [0.25, 0.3) is 0 Å². The highest BCUT2D eigenvalue weighted by Gasteiger charge is 2.51. The molecule has 0 aromatic heterocycles. The van der Waals surface area contributed by atoms with E-state index in [-0.39, 0.29) is 35.4 Å². The number of rotatable bonds is 3. The first kappa shape index (κ1) is 14.9. The van der Waals surface area contributed by atoms with E-state index in [2.05, 4.69) is 19.2 Å². The van der Waals surface area contributed by atoms with Crippen LogP contribution in [0.15, 0.2) is 0 Å². The third-order valence-corrected chi connectivity index (χ3v) is 5.72. The smallest absolute Gasteiger partial charge is 0.246 e. The van der Waals surface area contributed by atoms with Crippen molar-refractivity contribution < 1.29 is 9.59 Å². The molecular formula is C17H28N2O2. The zero-order valence-electron chi connectivity index (χ0n) is 13.5. The van der Waals surface area contributed by atoms with Crippen LogP contribution in [0, 0.1) is 11.3 Å². The number of nitrogens with one attached hydrogen (secondary N) is 1. The number of amides is 2. The van der Waals surface area contributed by atoms with Gasteiger partial charge in [0.2, 0.25) is 11.8 Å². The standard InChI is InChI=1S/C17H28N2O2/c1-4-12-15(20)18-14(11-8-9-11)16(21)19(12)13-7-5-6-10-17(13,2)3/h11-14H,4-10H2,1-3H3,(H,18,20). The van der Waals surface area contributed by atoms with Gasteiger partial charge in [-0.1, -0.05) is 33.6 Å². The lowest BCUT2D eigenvalue weighted by Crippen LogP contribution is -2.68. The van der Waals surface area contributed by atoms with Gasteiger partial charge < -0.3 is 10.2 Å². The molecule has 0 radical (unpaired) electrons. The molecule has 1 saturated heterocycles. The highest BCUT2D eigenvalue weighted by atomic mass is 16.2. The van der Waals surface area contributed by atoms with Crippen LogP contribution in [-0.4, -0.2) is 34.8 Å². The van der Waals surface area contributed by atoms with E-state index in [1.165, 1.54) is 12.8 Å². The molecule has 0 bridgehead atoms. The monoisotopic (exact) mass is 292 g/mol. The lowest BCUT2D eigenvalue weighted by molar-refractivity contribution is -0.157. The average molecular weight is 292 g/mol. The fraction of sp³-hybridized carbons (Fsp3) is 0.882. The molecule has 0 aromatic carbocycles. The lowest BCUT2D eigenvalue weighted by Gasteiger charge is -2.50. The second kappa shape index (κ2) is 5.29. The van der Waals surface area contributed by atoms with Gasteiger partial charge in [-0.25, -0.2) is 0 Å². The fourth-order valence-electron chi connectivity index (χ4n) is 4.24. The number of carbonyl (C=O) groups excluding carboxylic acids is 2. The molecule has 3 atom stereocenters. The van der Waals surface area contributed by atoms with Crippen LogP contribution in [0.3, 0.4) is 0 Å². The Bertz CT molecular complexity index is 442. The number of nitrogens with zero attached hydrogens (tertiary/aromatic N) is 1. The molecule has 1 aliphatic heterocycles. The van der Waals surface area contributed by atoms with Gasteiger partial charge in [0.05, 0.1) is 0 Å². The molecule has 1 N–H and O–H groups in total. The molecular weight excluding hydrogens is 264 g/mol. The first-order chi connectivity index (χ1) is 9.95. The first-order valence-electron chi connectivity index (χ1n) is 8.58. The quantitative estimate of drug-likeness (QED) is 0.868. The topological polar surface area (TPSA) is 49.4 Å². The van der Waals surface area contributed by atoms with E-state index in [9.17, 15) is 9.59 Å². The van der Waals surface area contributed by atoms with Crippen molar-refractivity contribution in [3.63, 3.8) is 0 Å². The summed E-state index contributed by atoms with van der Waals surface area (Å²) in [6, 6.07) is -0.302. The maximum atomic E-state index is 13.0. The van der Waals surface area contributed by atoms with Crippen LogP contribution in [-0.2, 0) is 9.59 Å². The van der Waals surface area contributed by atoms with Crippen molar-refractivity contribution in [1.82, 2.24) is 10.2 Å². The molecule has 118 valence electrons. The second-order valence-electron chi connectivity index (χ2n) is 7.74. The van der Waals surface area contributed by atoms with E-state index in [0.717, 1.165) is 25.7 Å². The maximum absolute atomic E-state index is 13.0. The van der Waals surface area contributed by atoms with Crippen LogP contribution in [0.2, 0.25) is 0 Å². The number of hydrogen-bond acceptors (Lipinski definition) is 2. The second-order valence-corrected chi connectivity index (χ2v) is 7.74. The van der Waals surface area contributed by atoms with E-state index in [1.54, 1.807) is 0 Å². The summed E-state index contributed by atoms with van der Waals surface area (Å²) in [5.74, 6) is 0.632. The van der Waals surface area contributed by atoms with Gasteiger partial charge in [-0.05, 0) is 43.4 Å². The van der Waals surface area contributed by atoms with Crippen molar-refractivity contribution in [1.29, 1.82) is 0 Å².